The third kappa shape index (κ3) is 4.02. The van der Waals surface area contributed by atoms with E-state index in [2.05, 4.69) is 17.1 Å². The van der Waals surface area contributed by atoms with Crippen molar-refractivity contribution in [1.29, 1.82) is 0 Å². The molecule has 1 heterocycles. The largest absolute Gasteiger partial charge is 0.320 e. The highest BCUT2D eigenvalue weighted by Crippen LogP contribution is 2.27. The van der Waals surface area contributed by atoms with Crippen molar-refractivity contribution in [3.05, 3.63) is 0 Å². The van der Waals surface area contributed by atoms with Gasteiger partial charge in [-0.05, 0) is 50.3 Å². The molecule has 1 aliphatic rings. The topological polar surface area (TPSA) is 12.0 Å². The zero-order chi connectivity index (χ0) is 7.94. The molecule has 1 unspecified atom stereocenters. The maximum absolute atomic E-state index is 3.19. The van der Waals surface area contributed by atoms with Gasteiger partial charge in [0.05, 0.1) is 0 Å². The van der Waals surface area contributed by atoms with E-state index in [-0.39, 0.29) is 0 Å². The molecule has 1 fully saturated rings. The van der Waals surface area contributed by atoms with Gasteiger partial charge in [0.15, 0.2) is 0 Å². The van der Waals surface area contributed by atoms with E-state index in [0.29, 0.717) is 0 Å². The molecule has 1 N–H and O–H groups in total. The second-order valence-electron chi connectivity index (χ2n) is 3.33. The summed E-state index contributed by atoms with van der Waals surface area (Å²) in [5, 5.41) is 3.19. The van der Waals surface area contributed by atoms with Crippen LogP contribution < -0.4 is 5.32 Å². The molecule has 0 aromatic carbocycles. The summed E-state index contributed by atoms with van der Waals surface area (Å²) in [6.07, 6.45) is 5.72. The average Bonchev–Trinajstić information content (AvgIpc) is 2.50. The standard InChI is InChI=1S/C9H19NS/c1-10-6-3-2-4-9-5-7-11-8-9/h9-10H,2-8H2,1H3. The number of unbranched alkanes of at least 4 members (excludes halogenated alkanes) is 1. The van der Waals surface area contributed by atoms with Crippen LogP contribution in [-0.4, -0.2) is 25.1 Å². The summed E-state index contributed by atoms with van der Waals surface area (Å²) in [6, 6.07) is 0. The van der Waals surface area contributed by atoms with E-state index in [1.54, 1.807) is 0 Å². The van der Waals surface area contributed by atoms with Crippen molar-refractivity contribution in [3.63, 3.8) is 0 Å². The van der Waals surface area contributed by atoms with Crippen molar-refractivity contribution in [2.24, 2.45) is 5.92 Å². The van der Waals surface area contributed by atoms with Gasteiger partial charge in [0.1, 0.15) is 0 Å². The number of thioether (sulfide) groups is 1. The van der Waals surface area contributed by atoms with Crippen LogP contribution in [0.3, 0.4) is 0 Å². The minimum Gasteiger partial charge on any atom is -0.320 e. The van der Waals surface area contributed by atoms with E-state index in [0.717, 1.165) is 5.92 Å². The molecule has 0 aromatic rings. The number of nitrogens with one attached hydrogen (secondary N) is 1. The summed E-state index contributed by atoms with van der Waals surface area (Å²) in [4.78, 5) is 0. The van der Waals surface area contributed by atoms with Crippen LogP contribution >= 0.6 is 11.8 Å². The Kier molecular flexibility index (Phi) is 5.04. The van der Waals surface area contributed by atoms with Crippen molar-refractivity contribution in [1.82, 2.24) is 5.32 Å². The van der Waals surface area contributed by atoms with E-state index in [9.17, 15) is 0 Å². The minimum atomic E-state index is 1.05. The van der Waals surface area contributed by atoms with Crippen LogP contribution in [0.1, 0.15) is 25.7 Å². The SMILES string of the molecule is CNCCCCC1CCSC1. The normalized spacial score (nSPS) is 24.3. The molecule has 0 saturated carbocycles. The lowest BCUT2D eigenvalue weighted by atomic mass is 10.0. The lowest BCUT2D eigenvalue weighted by Gasteiger charge is -2.06. The Bertz CT molecular complexity index is 89.6. The Morgan fingerprint density at radius 1 is 1.45 bits per heavy atom. The first-order valence-corrected chi connectivity index (χ1v) is 5.81. The van der Waals surface area contributed by atoms with Crippen LogP contribution in [0, 0.1) is 5.92 Å². The smallest absolute Gasteiger partial charge is 0.00388 e. The minimum absolute atomic E-state index is 1.05. The molecule has 1 saturated heterocycles. The predicted molar refractivity (Wildman–Crippen MR) is 53.2 cm³/mol. The maximum atomic E-state index is 3.19. The van der Waals surface area contributed by atoms with Crippen molar-refractivity contribution in [2.45, 2.75) is 25.7 Å². The molecule has 1 nitrogen and oxygen atoms in total. The lowest BCUT2D eigenvalue weighted by molar-refractivity contribution is 0.503. The van der Waals surface area contributed by atoms with Gasteiger partial charge in [-0.2, -0.15) is 11.8 Å². The molecule has 0 bridgehead atoms. The lowest BCUT2D eigenvalue weighted by Crippen LogP contribution is -2.08. The van der Waals surface area contributed by atoms with Gasteiger partial charge in [-0.15, -0.1) is 0 Å². The highest BCUT2D eigenvalue weighted by Gasteiger charge is 2.13. The fourth-order valence-corrected chi connectivity index (χ4v) is 2.88. The number of hydrogen-bond donors (Lipinski definition) is 1. The van der Waals surface area contributed by atoms with E-state index in [1.807, 2.05) is 7.05 Å². The maximum Gasteiger partial charge on any atom is -0.00388 e. The predicted octanol–water partition coefficient (Wildman–Crippen LogP) is 2.13. The Balaban J connectivity index is 1.86. The van der Waals surface area contributed by atoms with E-state index < -0.39 is 0 Å². The van der Waals surface area contributed by atoms with Gasteiger partial charge in [-0.25, -0.2) is 0 Å². The Hall–Kier alpha value is 0.310. The first-order valence-electron chi connectivity index (χ1n) is 4.66. The van der Waals surface area contributed by atoms with Crippen molar-refractivity contribution in [3.8, 4) is 0 Å². The average molecular weight is 173 g/mol. The highest BCUT2D eigenvalue weighted by atomic mass is 32.2. The van der Waals surface area contributed by atoms with E-state index in [1.165, 1.54) is 43.7 Å². The van der Waals surface area contributed by atoms with Crippen molar-refractivity contribution < 1.29 is 0 Å². The van der Waals surface area contributed by atoms with Crippen LogP contribution in [0.25, 0.3) is 0 Å². The zero-order valence-corrected chi connectivity index (χ0v) is 8.25. The number of hydrogen-bond acceptors (Lipinski definition) is 2. The highest BCUT2D eigenvalue weighted by molar-refractivity contribution is 7.99. The molecule has 1 rings (SSSR count). The van der Waals surface area contributed by atoms with E-state index >= 15 is 0 Å². The molecular weight excluding hydrogens is 154 g/mol. The Labute approximate surface area is 74.3 Å². The summed E-state index contributed by atoms with van der Waals surface area (Å²) >= 11 is 2.13. The first-order chi connectivity index (χ1) is 5.43. The molecule has 11 heavy (non-hydrogen) atoms. The van der Waals surface area contributed by atoms with Crippen LogP contribution in [0.2, 0.25) is 0 Å². The first kappa shape index (κ1) is 9.40. The summed E-state index contributed by atoms with van der Waals surface area (Å²) in [5.74, 6) is 3.90. The number of rotatable bonds is 5. The second-order valence-corrected chi connectivity index (χ2v) is 4.48. The van der Waals surface area contributed by atoms with Gasteiger partial charge in [0.25, 0.3) is 0 Å². The summed E-state index contributed by atoms with van der Waals surface area (Å²) < 4.78 is 0. The fourth-order valence-electron chi connectivity index (χ4n) is 1.55. The van der Waals surface area contributed by atoms with Gasteiger partial charge in [-0.1, -0.05) is 6.42 Å². The molecule has 2 heteroatoms. The van der Waals surface area contributed by atoms with Gasteiger partial charge in [-0.3, -0.25) is 0 Å². The summed E-state index contributed by atoms with van der Waals surface area (Å²) in [6.45, 7) is 1.19. The van der Waals surface area contributed by atoms with E-state index in [4.69, 9.17) is 0 Å². The monoisotopic (exact) mass is 173 g/mol. The third-order valence-electron chi connectivity index (χ3n) is 2.31. The van der Waals surface area contributed by atoms with Crippen LogP contribution in [0.4, 0.5) is 0 Å². The summed E-state index contributed by atoms with van der Waals surface area (Å²) in [5.41, 5.74) is 0. The van der Waals surface area contributed by atoms with Crippen LogP contribution in [0.15, 0.2) is 0 Å². The van der Waals surface area contributed by atoms with Gasteiger partial charge in [0.2, 0.25) is 0 Å². The quantitative estimate of drug-likeness (QED) is 0.639. The zero-order valence-electron chi connectivity index (χ0n) is 7.44. The summed E-state index contributed by atoms with van der Waals surface area (Å²) in [7, 11) is 2.03. The van der Waals surface area contributed by atoms with Crippen LogP contribution in [-0.2, 0) is 0 Å². The van der Waals surface area contributed by atoms with Gasteiger partial charge < -0.3 is 5.32 Å². The van der Waals surface area contributed by atoms with Gasteiger partial charge in [0, 0.05) is 0 Å². The molecular formula is C9H19NS. The second kappa shape index (κ2) is 5.90. The van der Waals surface area contributed by atoms with Gasteiger partial charge >= 0.3 is 0 Å². The molecule has 0 aliphatic carbocycles. The molecule has 0 amide bonds. The Morgan fingerprint density at radius 2 is 2.36 bits per heavy atom. The van der Waals surface area contributed by atoms with Crippen molar-refractivity contribution in [2.75, 3.05) is 25.1 Å². The Morgan fingerprint density at radius 3 is 3.00 bits per heavy atom. The molecule has 1 aliphatic heterocycles. The van der Waals surface area contributed by atoms with Crippen molar-refractivity contribution >= 4 is 11.8 Å². The molecule has 0 aromatic heterocycles. The fraction of sp³-hybridized carbons (Fsp3) is 1.00. The molecule has 66 valence electrons. The molecule has 0 spiro atoms. The van der Waals surface area contributed by atoms with Crippen LogP contribution in [0.5, 0.6) is 0 Å². The third-order valence-corrected chi connectivity index (χ3v) is 3.54. The molecule has 0 radical (unpaired) electrons. The molecule has 1 atom stereocenters.